The maximum atomic E-state index is 13.0. The van der Waals surface area contributed by atoms with Gasteiger partial charge >= 0.3 is 0 Å². The molecule has 0 aliphatic heterocycles. The molecule has 2 aromatic carbocycles. The molecule has 32 heavy (non-hydrogen) atoms. The number of anilines is 1. The number of aryl methyl sites for hydroxylation is 5. The van der Waals surface area contributed by atoms with E-state index in [4.69, 9.17) is 11.6 Å². The zero-order chi connectivity index (χ0) is 23.4. The van der Waals surface area contributed by atoms with Gasteiger partial charge in [-0.3, -0.25) is 19.8 Å². The van der Waals surface area contributed by atoms with Gasteiger partial charge in [0.2, 0.25) is 5.96 Å². The van der Waals surface area contributed by atoms with Crippen LogP contribution in [0, 0.1) is 34.6 Å². The number of aliphatic imine (C=N–C) groups is 1. The Morgan fingerprint density at radius 2 is 1.75 bits per heavy atom. The van der Waals surface area contributed by atoms with Crippen molar-refractivity contribution in [3.05, 3.63) is 80.6 Å². The molecule has 0 saturated carbocycles. The third-order valence-corrected chi connectivity index (χ3v) is 5.68. The quantitative estimate of drug-likeness (QED) is 0.421. The van der Waals surface area contributed by atoms with Crippen molar-refractivity contribution in [1.82, 2.24) is 15.1 Å². The van der Waals surface area contributed by atoms with Crippen molar-refractivity contribution in [3.8, 4) is 0 Å². The van der Waals surface area contributed by atoms with Crippen molar-refractivity contribution in [3.63, 3.8) is 0 Å². The molecular weight excluding hydrogens is 422 g/mol. The number of carbonyl (C=O) groups excluding carboxylic acids is 1. The number of amides is 1. The van der Waals surface area contributed by atoms with Crippen LogP contribution in [0.5, 0.6) is 0 Å². The molecule has 0 fully saturated rings. The number of nitrogens with one attached hydrogen (secondary N) is 2. The summed E-state index contributed by atoms with van der Waals surface area (Å²) < 4.78 is 1.88. The first-order chi connectivity index (χ1) is 15.1. The summed E-state index contributed by atoms with van der Waals surface area (Å²) in [7, 11) is 1.94. The Hall–Kier alpha value is -3.12. The lowest BCUT2D eigenvalue weighted by Gasteiger charge is -2.14. The van der Waals surface area contributed by atoms with Crippen LogP contribution in [0.25, 0.3) is 0 Å². The fraction of sp³-hybridized carbons (Fsp3) is 0.320. The van der Waals surface area contributed by atoms with E-state index in [1.807, 2.05) is 75.8 Å². The molecular formula is C25H30ClN5O. The van der Waals surface area contributed by atoms with Crippen LogP contribution in [-0.4, -0.2) is 28.2 Å². The lowest BCUT2D eigenvalue weighted by molar-refractivity contribution is 0.0976. The molecule has 0 atom stereocenters. The summed E-state index contributed by atoms with van der Waals surface area (Å²) in [6, 6.07) is 11.3. The minimum Gasteiger partial charge on any atom is -0.326 e. The highest BCUT2D eigenvalue weighted by Gasteiger charge is 2.13. The van der Waals surface area contributed by atoms with Crippen LogP contribution >= 0.6 is 11.6 Å². The molecule has 6 nitrogen and oxygen atoms in total. The second-order valence-corrected chi connectivity index (χ2v) is 8.60. The van der Waals surface area contributed by atoms with Gasteiger partial charge in [0.05, 0.1) is 5.69 Å². The van der Waals surface area contributed by atoms with Gasteiger partial charge in [0.15, 0.2) is 0 Å². The van der Waals surface area contributed by atoms with E-state index in [0.29, 0.717) is 23.1 Å². The van der Waals surface area contributed by atoms with Gasteiger partial charge in [0.1, 0.15) is 0 Å². The number of rotatable bonds is 5. The van der Waals surface area contributed by atoms with Crippen LogP contribution in [0.1, 0.15) is 44.0 Å². The Morgan fingerprint density at radius 3 is 2.34 bits per heavy atom. The summed E-state index contributed by atoms with van der Waals surface area (Å²) >= 11 is 6.09. The van der Waals surface area contributed by atoms with Crippen molar-refractivity contribution in [1.29, 1.82) is 0 Å². The Labute approximate surface area is 194 Å². The van der Waals surface area contributed by atoms with Crippen LogP contribution in [-0.2, 0) is 13.5 Å². The number of hydrogen-bond acceptors (Lipinski definition) is 3. The summed E-state index contributed by atoms with van der Waals surface area (Å²) in [5.74, 6) is 0.196. The van der Waals surface area contributed by atoms with Crippen molar-refractivity contribution in [2.24, 2.45) is 12.0 Å². The molecule has 0 spiro atoms. The van der Waals surface area contributed by atoms with E-state index in [9.17, 15) is 4.79 Å². The maximum absolute atomic E-state index is 13.0. The van der Waals surface area contributed by atoms with Gasteiger partial charge in [-0.2, -0.15) is 5.10 Å². The minimum atomic E-state index is -0.205. The van der Waals surface area contributed by atoms with E-state index >= 15 is 0 Å². The number of benzene rings is 2. The van der Waals surface area contributed by atoms with Gasteiger partial charge in [0, 0.05) is 35.6 Å². The molecule has 1 heterocycles. The van der Waals surface area contributed by atoms with Gasteiger partial charge in [-0.25, -0.2) is 0 Å². The molecule has 0 aliphatic carbocycles. The van der Waals surface area contributed by atoms with Crippen LogP contribution < -0.4 is 10.6 Å². The van der Waals surface area contributed by atoms with E-state index < -0.39 is 0 Å². The summed E-state index contributed by atoms with van der Waals surface area (Å²) in [6.45, 7) is 10.5. The highest BCUT2D eigenvalue weighted by Crippen LogP contribution is 2.20. The normalized spacial score (nSPS) is 11.5. The van der Waals surface area contributed by atoms with Crippen LogP contribution in [0.3, 0.4) is 0 Å². The van der Waals surface area contributed by atoms with Crippen molar-refractivity contribution in [2.45, 2.75) is 41.0 Å². The average molecular weight is 452 g/mol. The third kappa shape index (κ3) is 5.77. The third-order valence-electron chi connectivity index (χ3n) is 5.45. The molecule has 0 saturated heterocycles. The van der Waals surface area contributed by atoms with E-state index in [0.717, 1.165) is 40.2 Å². The molecule has 2 N–H and O–H groups in total. The zero-order valence-corrected chi connectivity index (χ0v) is 20.3. The minimum absolute atomic E-state index is 0.205. The van der Waals surface area contributed by atoms with Gasteiger partial charge in [-0.1, -0.05) is 28.8 Å². The predicted octanol–water partition coefficient (Wildman–Crippen LogP) is 5.06. The standard InChI is InChI=1S/C25H30ClN5O/c1-15-11-16(2)13-20(12-15)24(32)29-25(28-23-8-7-21(26)14-17(23)3)27-10-9-22-18(4)30-31(6)19(22)5/h7-8,11-14H,9-10H2,1-6H3,(H2,27,28,29,32). The molecule has 1 aromatic heterocycles. The molecule has 3 rings (SSSR count). The van der Waals surface area contributed by atoms with E-state index in [1.54, 1.807) is 0 Å². The maximum Gasteiger partial charge on any atom is 0.257 e. The zero-order valence-electron chi connectivity index (χ0n) is 19.5. The highest BCUT2D eigenvalue weighted by molar-refractivity contribution is 6.30. The second kappa shape index (κ2) is 10.0. The first-order valence-corrected chi connectivity index (χ1v) is 11.0. The SMILES string of the molecule is Cc1cc(C)cc(C(=O)NC(=NCCc2c(C)nn(C)c2C)Nc2ccc(Cl)cc2C)c1. The Bertz CT molecular complexity index is 1160. The Kier molecular flexibility index (Phi) is 7.36. The van der Waals surface area contributed by atoms with Gasteiger partial charge < -0.3 is 5.32 Å². The van der Waals surface area contributed by atoms with Crippen LogP contribution in [0.15, 0.2) is 41.4 Å². The van der Waals surface area contributed by atoms with Crippen LogP contribution in [0.2, 0.25) is 5.02 Å². The number of aromatic nitrogens is 2. The summed E-state index contributed by atoms with van der Waals surface area (Å²) in [5.41, 5.74) is 7.79. The highest BCUT2D eigenvalue weighted by atomic mass is 35.5. The monoisotopic (exact) mass is 451 g/mol. The molecule has 0 aliphatic rings. The topological polar surface area (TPSA) is 71.3 Å². The van der Waals surface area contributed by atoms with Crippen LogP contribution in [0.4, 0.5) is 5.69 Å². The van der Waals surface area contributed by atoms with Gasteiger partial charge in [-0.15, -0.1) is 0 Å². The first-order valence-electron chi connectivity index (χ1n) is 10.6. The molecule has 0 radical (unpaired) electrons. The first kappa shape index (κ1) is 23.5. The molecule has 7 heteroatoms. The lowest BCUT2D eigenvalue weighted by atomic mass is 10.1. The number of carbonyl (C=O) groups is 1. The Balaban J connectivity index is 1.84. The summed E-state index contributed by atoms with van der Waals surface area (Å²) in [6.07, 6.45) is 0.732. The number of guanidine groups is 1. The second-order valence-electron chi connectivity index (χ2n) is 8.17. The lowest BCUT2D eigenvalue weighted by Crippen LogP contribution is -2.36. The molecule has 0 bridgehead atoms. The van der Waals surface area contributed by atoms with Crippen molar-refractivity contribution < 1.29 is 4.79 Å². The number of nitrogens with zero attached hydrogens (tertiary/aromatic N) is 3. The average Bonchev–Trinajstić information content (AvgIpc) is 2.95. The molecule has 3 aromatic rings. The van der Waals surface area contributed by atoms with E-state index in [1.165, 1.54) is 5.56 Å². The van der Waals surface area contributed by atoms with Crippen molar-refractivity contribution >= 4 is 29.2 Å². The molecule has 1 amide bonds. The van der Waals surface area contributed by atoms with Crippen molar-refractivity contribution in [2.75, 3.05) is 11.9 Å². The summed E-state index contributed by atoms with van der Waals surface area (Å²) in [4.78, 5) is 17.7. The molecule has 0 unspecified atom stereocenters. The smallest absolute Gasteiger partial charge is 0.257 e. The van der Waals surface area contributed by atoms with Gasteiger partial charge in [-0.05, 0) is 82.5 Å². The predicted molar refractivity (Wildman–Crippen MR) is 132 cm³/mol. The fourth-order valence-corrected chi connectivity index (χ4v) is 3.98. The Morgan fingerprint density at radius 1 is 1.06 bits per heavy atom. The van der Waals surface area contributed by atoms with Gasteiger partial charge in [0.25, 0.3) is 5.91 Å². The fourth-order valence-electron chi connectivity index (χ4n) is 3.75. The van der Waals surface area contributed by atoms with E-state index in [2.05, 4.69) is 27.6 Å². The molecule has 168 valence electrons. The van der Waals surface area contributed by atoms with E-state index in [-0.39, 0.29) is 5.91 Å². The number of hydrogen-bond donors (Lipinski definition) is 2. The largest absolute Gasteiger partial charge is 0.326 e. The number of halogens is 1. The summed E-state index contributed by atoms with van der Waals surface area (Å²) in [5, 5.41) is 11.3.